The maximum Gasteiger partial charge on any atom is 0.309 e. The van der Waals surface area contributed by atoms with E-state index < -0.39 is 0 Å². The normalized spacial score (nSPS) is 49.2. The third-order valence-electron chi connectivity index (χ3n) is 5.91. The van der Waals surface area contributed by atoms with Crippen LogP contribution in [0.2, 0.25) is 0 Å². The van der Waals surface area contributed by atoms with Crippen LogP contribution >= 0.6 is 0 Å². The van der Waals surface area contributed by atoms with Crippen molar-refractivity contribution in [3.63, 3.8) is 0 Å². The first kappa shape index (κ1) is 13.5. The van der Waals surface area contributed by atoms with Crippen molar-refractivity contribution in [1.29, 1.82) is 0 Å². The lowest BCUT2D eigenvalue weighted by atomic mass is 9.43. The summed E-state index contributed by atoms with van der Waals surface area (Å²) in [5.41, 5.74) is 0.719. The van der Waals surface area contributed by atoms with Gasteiger partial charge in [0.1, 0.15) is 5.60 Å². The van der Waals surface area contributed by atoms with E-state index in [2.05, 4.69) is 20.8 Å². The van der Waals surface area contributed by atoms with Gasteiger partial charge in [0.05, 0.1) is 5.92 Å². The highest BCUT2D eigenvalue weighted by atomic mass is 16.6. The van der Waals surface area contributed by atoms with Crippen LogP contribution in [0.15, 0.2) is 0 Å². The van der Waals surface area contributed by atoms with E-state index in [9.17, 15) is 4.79 Å². The van der Waals surface area contributed by atoms with E-state index in [-0.39, 0.29) is 17.5 Å². The molecule has 0 aliphatic heterocycles. The Kier molecular flexibility index (Phi) is 2.82. The molecule has 2 nitrogen and oxygen atoms in total. The predicted molar refractivity (Wildman–Crippen MR) is 75.7 cm³/mol. The molecular weight excluding hydrogens is 236 g/mol. The van der Waals surface area contributed by atoms with Gasteiger partial charge < -0.3 is 4.74 Å². The fourth-order valence-electron chi connectivity index (χ4n) is 5.94. The van der Waals surface area contributed by atoms with Crippen molar-refractivity contribution >= 4 is 5.97 Å². The van der Waals surface area contributed by atoms with Gasteiger partial charge in [-0.15, -0.1) is 0 Å². The van der Waals surface area contributed by atoms with Crippen LogP contribution in [0.4, 0.5) is 0 Å². The van der Waals surface area contributed by atoms with Gasteiger partial charge in [-0.25, -0.2) is 0 Å². The van der Waals surface area contributed by atoms with Crippen LogP contribution < -0.4 is 0 Å². The van der Waals surface area contributed by atoms with E-state index in [1.807, 2.05) is 6.92 Å². The molecule has 0 radical (unpaired) electrons. The Balaban J connectivity index is 1.83. The number of carbonyl (C=O) groups excluding carboxylic acids is 1. The molecule has 0 spiro atoms. The highest BCUT2D eigenvalue weighted by Crippen LogP contribution is 2.67. The summed E-state index contributed by atoms with van der Waals surface area (Å²) < 4.78 is 6.09. The Morgan fingerprint density at radius 3 is 2.21 bits per heavy atom. The van der Waals surface area contributed by atoms with E-state index in [4.69, 9.17) is 4.74 Å². The molecule has 0 N–H and O–H groups in total. The van der Waals surface area contributed by atoms with Crippen molar-refractivity contribution in [2.24, 2.45) is 22.7 Å². The van der Waals surface area contributed by atoms with Crippen LogP contribution in [0.25, 0.3) is 0 Å². The highest BCUT2D eigenvalue weighted by Gasteiger charge is 2.61. The van der Waals surface area contributed by atoms with Crippen LogP contribution in [0.1, 0.15) is 72.6 Å². The average Bonchev–Trinajstić information content (AvgIpc) is 2.21. The molecule has 19 heavy (non-hydrogen) atoms. The molecule has 0 aromatic rings. The minimum absolute atomic E-state index is 0.0386. The van der Waals surface area contributed by atoms with Gasteiger partial charge in [0.15, 0.2) is 0 Å². The second-order valence-electron chi connectivity index (χ2n) is 8.54. The first-order valence-electron chi connectivity index (χ1n) is 8.00. The Morgan fingerprint density at radius 2 is 1.74 bits per heavy atom. The highest BCUT2D eigenvalue weighted by molar-refractivity contribution is 5.72. The van der Waals surface area contributed by atoms with Crippen LogP contribution in [-0.2, 0) is 9.53 Å². The largest absolute Gasteiger partial charge is 0.459 e. The molecule has 4 rings (SSSR count). The van der Waals surface area contributed by atoms with E-state index in [0.29, 0.717) is 10.8 Å². The van der Waals surface area contributed by atoms with Crippen molar-refractivity contribution < 1.29 is 9.53 Å². The first-order valence-corrected chi connectivity index (χ1v) is 8.00. The minimum Gasteiger partial charge on any atom is -0.459 e. The summed E-state index contributed by atoms with van der Waals surface area (Å²) in [6.45, 7) is 8.89. The smallest absolute Gasteiger partial charge is 0.309 e. The Bertz CT molecular complexity index is 382. The zero-order valence-corrected chi connectivity index (χ0v) is 12.9. The molecule has 0 heterocycles. The number of carbonyl (C=O) groups is 1. The predicted octanol–water partition coefficient (Wildman–Crippen LogP) is 4.32. The van der Waals surface area contributed by atoms with Gasteiger partial charge in [0, 0.05) is 0 Å². The summed E-state index contributed by atoms with van der Waals surface area (Å²) in [6, 6.07) is 0. The van der Waals surface area contributed by atoms with Crippen LogP contribution in [0, 0.1) is 22.7 Å². The lowest BCUT2D eigenvalue weighted by molar-refractivity contribution is -0.218. The van der Waals surface area contributed by atoms with Gasteiger partial charge in [0.25, 0.3) is 0 Å². The van der Waals surface area contributed by atoms with Crippen LogP contribution in [-0.4, -0.2) is 11.6 Å². The second-order valence-corrected chi connectivity index (χ2v) is 8.54. The number of hydrogen-bond donors (Lipinski definition) is 0. The molecular formula is C17H28O2. The van der Waals surface area contributed by atoms with Gasteiger partial charge in [-0.05, 0) is 61.7 Å². The summed E-state index contributed by atoms with van der Waals surface area (Å²) in [5.74, 6) is 0.876. The molecule has 0 amide bonds. The number of esters is 1. The molecule has 4 bridgehead atoms. The molecule has 4 aliphatic rings. The minimum atomic E-state index is -0.122. The number of rotatable bonds is 3. The number of ether oxygens (including phenoxy) is 1. The van der Waals surface area contributed by atoms with Crippen LogP contribution in [0.3, 0.4) is 0 Å². The zero-order valence-electron chi connectivity index (χ0n) is 12.9. The molecule has 108 valence electrons. The average molecular weight is 264 g/mol. The first-order chi connectivity index (χ1) is 8.77. The summed E-state index contributed by atoms with van der Waals surface area (Å²) in [5, 5.41) is 0. The van der Waals surface area contributed by atoms with Crippen molar-refractivity contribution in [3.8, 4) is 0 Å². The van der Waals surface area contributed by atoms with Crippen molar-refractivity contribution in [3.05, 3.63) is 0 Å². The zero-order chi connectivity index (χ0) is 13.9. The fourth-order valence-corrected chi connectivity index (χ4v) is 5.94. The van der Waals surface area contributed by atoms with E-state index in [0.717, 1.165) is 31.6 Å². The quantitative estimate of drug-likeness (QED) is 0.709. The molecule has 0 saturated heterocycles. The number of hydrogen-bond acceptors (Lipinski definition) is 2. The summed E-state index contributed by atoms with van der Waals surface area (Å²) >= 11 is 0. The van der Waals surface area contributed by atoms with Gasteiger partial charge in [0.2, 0.25) is 0 Å². The molecule has 4 saturated carbocycles. The topological polar surface area (TPSA) is 26.3 Å². The molecule has 0 aromatic heterocycles. The maximum absolute atomic E-state index is 12.2. The third kappa shape index (κ3) is 2.21. The maximum atomic E-state index is 12.2. The van der Waals surface area contributed by atoms with Gasteiger partial charge in [-0.1, -0.05) is 27.7 Å². The Hall–Kier alpha value is -0.530. The monoisotopic (exact) mass is 264 g/mol. The summed E-state index contributed by atoms with van der Waals surface area (Å²) in [4.78, 5) is 12.2. The lowest BCUT2D eigenvalue weighted by Crippen LogP contribution is -2.60. The van der Waals surface area contributed by atoms with E-state index in [1.54, 1.807) is 0 Å². The molecule has 4 aliphatic carbocycles. The molecule has 3 atom stereocenters. The van der Waals surface area contributed by atoms with Crippen molar-refractivity contribution in [2.75, 3.05) is 0 Å². The van der Waals surface area contributed by atoms with Crippen molar-refractivity contribution in [1.82, 2.24) is 0 Å². The second kappa shape index (κ2) is 3.99. The third-order valence-corrected chi connectivity index (χ3v) is 5.91. The molecule has 4 fully saturated rings. The lowest BCUT2D eigenvalue weighted by Gasteiger charge is -2.64. The SMILES string of the molecule is CCC(C)C(=O)OC12CC3CC(C)(CC(C)(C3)C1)C2. The summed E-state index contributed by atoms with van der Waals surface area (Å²) in [7, 11) is 0. The molecule has 3 unspecified atom stereocenters. The van der Waals surface area contributed by atoms with Gasteiger partial charge in [-0.2, -0.15) is 0 Å². The van der Waals surface area contributed by atoms with Crippen molar-refractivity contribution in [2.45, 2.75) is 78.2 Å². The molecule has 2 heteroatoms. The Labute approximate surface area is 117 Å². The van der Waals surface area contributed by atoms with E-state index in [1.165, 1.54) is 19.3 Å². The standard InChI is InChI=1S/C17H28O2/c1-5-12(2)14(18)19-17-8-13-6-15(3,10-17)9-16(4,7-13)11-17/h12-13H,5-11H2,1-4H3. The van der Waals surface area contributed by atoms with Gasteiger partial charge in [-0.3, -0.25) is 4.79 Å². The summed E-state index contributed by atoms with van der Waals surface area (Å²) in [6.07, 6.45) is 8.26. The molecule has 0 aromatic carbocycles. The van der Waals surface area contributed by atoms with E-state index >= 15 is 0 Å². The fraction of sp³-hybridized carbons (Fsp3) is 0.941. The van der Waals surface area contributed by atoms with Crippen LogP contribution in [0.5, 0.6) is 0 Å². The Morgan fingerprint density at radius 1 is 1.16 bits per heavy atom. The van der Waals surface area contributed by atoms with Gasteiger partial charge >= 0.3 is 5.97 Å².